The van der Waals surface area contributed by atoms with Gasteiger partial charge in [0.05, 0.1) is 29.3 Å². The molecule has 154 valence electrons. The zero-order valence-corrected chi connectivity index (χ0v) is 17.2. The molecule has 8 nitrogen and oxygen atoms in total. The summed E-state index contributed by atoms with van der Waals surface area (Å²) >= 11 is 5.97. The highest BCUT2D eigenvalue weighted by molar-refractivity contribution is 6.30. The highest BCUT2D eigenvalue weighted by Crippen LogP contribution is 2.29. The van der Waals surface area contributed by atoms with Crippen molar-refractivity contribution in [2.45, 2.75) is 32.0 Å². The third kappa shape index (κ3) is 3.20. The maximum absolute atomic E-state index is 13.8. The van der Waals surface area contributed by atoms with Crippen molar-refractivity contribution in [3.8, 4) is 11.5 Å². The second-order valence-corrected chi connectivity index (χ2v) is 7.93. The lowest BCUT2D eigenvalue weighted by Gasteiger charge is -2.43. The van der Waals surface area contributed by atoms with Crippen LogP contribution in [0.2, 0.25) is 5.02 Å². The van der Waals surface area contributed by atoms with E-state index in [4.69, 9.17) is 16.6 Å². The number of imidazole rings is 2. The second kappa shape index (κ2) is 7.33. The van der Waals surface area contributed by atoms with Crippen LogP contribution in [-0.4, -0.2) is 47.9 Å². The third-order valence-electron chi connectivity index (χ3n) is 5.48. The first kappa shape index (κ1) is 19.0. The number of hydrogen-bond donors (Lipinski definition) is 2. The van der Waals surface area contributed by atoms with E-state index in [1.807, 2.05) is 12.3 Å². The normalized spacial score (nSPS) is 22.0. The SMILES string of the molecule is CC1CN(c2ccnc(-c3cnc4cc(F)c(Cl)cn34)n2)C(C)C(c2cnc[nH]2)N1. The van der Waals surface area contributed by atoms with Crippen LogP contribution in [0.5, 0.6) is 0 Å². The Hall–Kier alpha value is -3.04. The summed E-state index contributed by atoms with van der Waals surface area (Å²) in [5, 5.41) is 3.64. The van der Waals surface area contributed by atoms with Crippen molar-refractivity contribution in [3.05, 3.63) is 59.8 Å². The van der Waals surface area contributed by atoms with E-state index in [-0.39, 0.29) is 23.1 Å². The molecule has 1 aliphatic rings. The number of aromatic amines is 1. The molecule has 0 radical (unpaired) electrons. The van der Waals surface area contributed by atoms with Gasteiger partial charge >= 0.3 is 0 Å². The lowest BCUT2D eigenvalue weighted by molar-refractivity contribution is 0.328. The molecular weight excluding hydrogens is 407 g/mol. The molecule has 1 aliphatic heterocycles. The summed E-state index contributed by atoms with van der Waals surface area (Å²) in [6.07, 6.45) is 8.38. The van der Waals surface area contributed by atoms with Gasteiger partial charge in [-0.3, -0.25) is 4.40 Å². The molecule has 1 fully saturated rings. The quantitative estimate of drug-likeness (QED) is 0.523. The minimum atomic E-state index is -0.510. The van der Waals surface area contributed by atoms with Gasteiger partial charge < -0.3 is 15.2 Å². The van der Waals surface area contributed by atoms with Gasteiger partial charge in [0.2, 0.25) is 0 Å². The standard InChI is InChI=1S/C20H20ClFN8/c1-11-8-29(12(2)19(27-11)15-6-23-10-26-15)17-3-4-24-20(28-17)16-7-25-18-5-14(22)13(21)9-30(16)18/h3-7,9-12,19,27H,8H2,1-2H3,(H,23,26). The molecule has 0 saturated carbocycles. The fourth-order valence-corrected chi connectivity index (χ4v) is 4.15. The molecule has 1 saturated heterocycles. The molecular formula is C20H20ClFN8. The molecule has 5 heterocycles. The first-order chi connectivity index (χ1) is 14.5. The molecule has 3 atom stereocenters. The Morgan fingerprint density at radius 3 is 2.90 bits per heavy atom. The number of hydrogen-bond acceptors (Lipinski definition) is 6. The highest BCUT2D eigenvalue weighted by Gasteiger charge is 2.33. The lowest BCUT2D eigenvalue weighted by Crippen LogP contribution is -2.56. The maximum atomic E-state index is 13.8. The van der Waals surface area contributed by atoms with Crippen molar-refractivity contribution < 1.29 is 4.39 Å². The van der Waals surface area contributed by atoms with E-state index in [1.54, 1.807) is 23.1 Å². The molecule has 30 heavy (non-hydrogen) atoms. The average molecular weight is 427 g/mol. The average Bonchev–Trinajstić information content (AvgIpc) is 3.40. The van der Waals surface area contributed by atoms with Gasteiger partial charge in [0, 0.05) is 43.3 Å². The van der Waals surface area contributed by atoms with Crippen LogP contribution in [-0.2, 0) is 0 Å². The van der Waals surface area contributed by atoms with Gasteiger partial charge in [-0.2, -0.15) is 0 Å². The van der Waals surface area contributed by atoms with Gasteiger partial charge in [-0.05, 0) is 19.9 Å². The molecule has 0 aromatic carbocycles. The molecule has 5 rings (SSSR count). The molecule has 0 amide bonds. The van der Waals surface area contributed by atoms with E-state index in [0.29, 0.717) is 17.2 Å². The Labute approximate surface area is 177 Å². The monoisotopic (exact) mass is 426 g/mol. The number of anilines is 1. The topological polar surface area (TPSA) is 87.0 Å². The minimum Gasteiger partial charge on any atom is -0.350 e. The number of nitrogens with one attached hydrogen (secondary N) is 2. The van der Waals surface area contributed by atoms with Crippen LogP contribution in [0.15, 0.2) is 43.2 Å². The number of fused-ring (bicyclic) bond motifs is 1. The van der Waals surface area contributed by atoms with Crippen molar-refractivity contribution in [1.29, 1.82) is 0 Å². The van der Waals surface area contributed by atoms with E-state index in [1.165, 1.54) is 12.3 Å². The lowest BCUT2D eigenvalue weighted by atomic mass is 9.99. The molecule has 0 spiro atoms. The zero-order chi connectivity index (χ0) is 20.8. The second-order valence-electron chi connectivity index (χ2n) is 7.52. The summed E-state index contributed by atoms with van der Waals surface area (Å²) in [5.41, 5.74) is 2.13. The first-order valence-electron chi connectivity index (χ1n) is 9.68. The smallest absolute Gasteiger partial charge is 0.180 e. The molecule has 4 aromatic rings. The fourth-order valence-electron chi connectivity index (χ4n) is 4.00. The predicted molar refractivity (Wildman–Crippen MR) is 112 cm³/mol. The summed E-state index contributed by atoms with van der Waals surface area (Å²) in [6, 6.07) is 3.68. The number of pyridine rings is 1. The first-order valence-corrected chi connectivity index (χ1v) is 10.1. The van der Waals surface area contributed by atoms with Gasteiger partial charge in [0.25, 0.3) is 0 Å². The van der Waals surface area contributed by atoms with E-state index in [0.717, 1.165) is 18.1 Å². The molecule has 0 bridgehead atoms. The number of rotatable bonds is 3. The van der Waals surface area contributed by atoms with Crippen molar-refractivity contribution >= 4 is 23.1 Å². The van der Waals surface area contributed by atoms with Gasteiger partial charge in [-0.25, -0.2) is 24.3 Å². The molecule has 4 aromatic heterocycles. The molecule has 10 heteroatoms. The Morgan fingerprint density at radius 1 is 1.23 bits per heavy atom. The van der Waals surface area contributed by atoms with Crippen LogP contribution in [0.4, 0.5) is 10.2 Å². The van der Waals surface area contributed by atoms with Gasteiger partial charge in [0.1, 0.15) is 23.0 Å². The largest absolute Gasteiger partial charge is 0.350 e. The molecule has 3 unspecified atom stereocenters. The fraction of sp³-hybridized carbons (Fsp3) is 0.300. The van der Waals surface area contributed by atoms with Crippen LogP contribution in [0.1, 0.15) is 25.6 Å². The van der Waals surface area contributed by atoms with E-state index in [9.17, 15) is 4.39 Å². The summed E-state index contributed by atoms with van der Waals surface area (Å²) < 4.78 is 15.5. The van der Waals surface area contributed by atoms with Crippen molar-refractivity contribution in [3.63, 3.8) is 0 Å². The number of piperazine rings is 1. The number of halogens is 2. The van der Waals surface area contributed by atoms with Crippen LogP contribution >= 0.6 is 11.6 Å². The van der Waals surface area contributed by atoms with E-state index < -0.39 is 5.82 Å². The van der Waals surface area contributed by atoms with Crippen molar-refractivity contribution in [2.75, 3.05) is 11.4 Å². The Balaban J connectivity index is 1.53. The van der Waals surface area contributed by atoms with Gasteiger partial charge in [-0.15, -0.1) is 0 Å². The minimum absolute atomic E-state index is 0.0184. The van der Waals surface area contributed by atoms with Crippen LogP contribution in [0.25, 0.3) is 17.2 Å². The summed E-state index contributed by atoms with van der Waals surface area (Å²) in [5.74, 6) is 0.803. The van der Waals surface area contributed by atoms with Gasteiger partial charge in [-0.1, -0.05) is 11.6 Å². The third-order valence-corrected chi connectivity index (χ3v) is 5.76. The molecule has 2 N–H and O–H groups in total. The summed E-state index contributed by atoms with van der Waals surface area (Å²) in [6.45, 7) is 5.10. The van der Waals surface area contributed by atoms with Crippen molar-refractivity contribution in [2.24, 2.45) is 0 Å². The Kier molecular flexibility index (Phi) is 4.63. The maximum Gasteiger partial charge on any atom is 0.180 e. The Bertz CT molecular complexity index is 1190. The Morgan fingerprint density at radius 2 is 2.10 bits per heavy atom. The zero-order valence-electron chi connectivity index (χ0n) is 16.4. The van der Waals surface area contributed by atoms with Crippen molar-refractivity contribution in [1.82, 2.24) is 34.6 Å². The van der Waals surface area contributed by atoms with Crippen LogP contribution < -0.4 is 10.2 Å². The van der Waals surface area contributed by atoms with E-state index >= 15 is 0 Å². The number of nitrogens with zero attached hydrogens (tertiary/aromatic N) is 6. The summed E-state index contributed by atoms with van der Waals surface area (Å²) in [7, 11) is 0. The molecule has 0 aliphatic carbocycles. The van der Waals surface area contributed by atoms with Crippen LogP contribution in [0.3, 0.4) is 0 Å². The van der Waals surface area contributed by atoms with Gasteiger partial charge in [0.15, 0.2) is 5.82 Å². The predicted octanol–water partition coefficient (Wildman–Crippen LogP) is 3.23. The highest BCUT2D eigenvalue weighted by atomic mass is 35.5. The number of aromatic nitrogens is 6. The summed E-state index contributed by atoms with van der Waals surface area (Å²) in [4.78, 5) is 23.1. The van der Waals surface area contributed by atoms with Crippen LogP contribution in [0, 0.1) is 5.82 Å². The van der Waals surface area contributed by atoms with E-state index in [2.05, 4.69) is 44.0 Å². The number of H-pyrrole nitrogens is 1.